The number of para-hydroxylation sites is 1. The highest BCUT2D eigenvalue weighted by Gasteiger charge is 2.46. The average molecular weight is 502 g/mol. The minimum atomic E-state index is -0.995. The number of amides is 1. The monoisotopic (exact) mass is 501 g/mol. The number of fused-ring (bicyclic) bond motifs is 1. The number of benzene rings is 3. The zero-order valence-corrected chi connectivity index (χ0v) is 19.6. The second-order valence-corrected chi connectivity index (χ2v) is 8.90. The molecule has 1 saturated heterocycles. The van der Waals surface area contributed by atoms with Crippen LogP contribution in [0.4, 0.5) is 5.69 Å². The molecule has 2 heterocycles. The Morgan fingerprint density at radius 1 is 1.06 bits per heavy atom. The van der Waals surface area contributed by atoms with Crippen molar-refractivity contribution in [1.29, 1.82) is 0 Å². The summed E-state index contributed by atoms with van der Waals surface area (Å²) in [7, 11) is 0. The van der Waals surface area contributed by atoms with Gasteiger partial charge in [0.15, 0.2) is 0 Å². The number of H-pyrrole nitrogens is 1. The number of Topliss-reactive ketones (excluding diaryl/α,β-unsaturated/α-hetero) is 1. The summed E-state index contributed by atoms with van der Waals surface area (Å²) in [6, 6.07) is 18.7. The van der Waals surface area contributed by atoms with Crippen molar-refractivity contribution >= 4 is 45.6 Å². The molecule has 0 radical (unpaired) electrons. The predicted molar refractivity (Wildman–Crippen MR) is 136 cm³/mol. The van der Waals surface area contributed by atoms with E-state index in [2.05, 4.69) is 4.98 Å². The molecule has 1 aromatic heterocycles. The van der Waals surface area contributed by atoms with Gasteiger partial charge in [-0.3, -0.25) is 19.7 Å². The summed E-state index contributed by atoms with van der Waals surface area (Å²) in [5.74, 6) is -1.99. The lowest BCUT2D eigenvalue weighted by molar-refractivity contribution is -0.384. The SMILES string of the molecule is O=C1C(=O)N(CCc2c[nH]c3ccccc23)C(c2cccc([N+](=O)[O-])c2)/C1=C(/O)c1ccc(Cl)cc1. The maximum absolute atomic E-state index is 13.2. The van der Waals surface area contributed by atoms with Gasteiger partial charge < -0.3 is 15.0 Å². The molecule has 8 nitrogen and oxygen atoms in total. The minimum absolute atomic E-state index is 0.123. The molecule has 3 aromatic carbocycles. The summed E-state index contributed by atoms with van der Waals surface area (Å²) in [6.45, 7) is 0.164. The highest BCUT2D eigenvalue weighted by Crippen LogP contribution is 2.40. The summed E-state index contributed by atoms with van der Waals surface area (Å²) in [4.78, 5) is 41.9. The molecule has 4 aromatic rings. The number of aliphatic hydroxyl groups is 1. The van der Waals surface area contributed by atoms with E-state index in [9.17, 15) is 24.8 Å². The number of aromatic nitrogens is 1. The first-order chi connectivity index (χ1) is 17.3. The van der Waals surface area contributed by atoms with Crippen LogP contribution in [0.2, 0.25) is 5.02 Å². The van der Waals surface area contributed by atoms with Crippen LogP contribution in [0.25, 0.3) is 16.7 Å². The number of nitro benzene ring substituents is 1. The Bertz CT molecular complexity index is 1540. The van der Waals surface area contributed by atoms with Gasteiger partial charge in [0.1, 0.15) is 5.76 Å². The molecule has 0 bridgehead atoms. The molecule has 0 saturated carbocycles. The smallest absolute Gasteiger partial charge is 0.295 e. The molecule has 1 aliphatic rings. The normalized spacial score (nSPS) is 17.1. The lowest BCUT2D eigenvalue weighted by Gasteiger charge is -2.25. The molecular formula is C27H20ClN3O5. The van der Waals surface area contributed by atoms with E-state index in [1.165, 1.54) is 23.1 Å². The van der Waals surface area contributed by atoms with E-state index < -0.39 is 22.7 Å². The van der Waals surface area contributed by atoms with Gasteiger partial charge in [-0.1, -0.05) is 41.9 Å². The third-order valence-electron chi connectivity index (χ3n) is 6.35. The van der Waals surface area contributed by atoms with Crippen molar-refractivity contribution < 1.29 is 19.6 Å². The van der Waals surface area contributed by atoms with Gasteiger partial charge in [0.2, 0.25) is 0 Å². The number of nitrogens with zero attached hydrogens (tertiary/aromatic N) is 2. The highest BCUT2D eigenvalue weighted by molar-refractivity contribution is 6.46. The summed E-state index contributed by atoms with van der Waals surface area (Å²) in [5, 5.41) is 24.0. The number of ketones is 1. The van der Waals surface area contributed by atoms with Crippen LogP contribution in [0, 0.1) is 10.1 Å². The van der Waals surface area contributed by atoms with Crippen LogP contribution in [0.5, 0.6) is 0 Å². The molecule has 2 N–H and O–H groups in total. The fourth-order valence-corrected chi connectivity index (χ4v) is 4.73. The molecule has 9 heteroatoms. The van der Waals surface area contributed by atoms with Gasteiger partial charge in [-0.2, -0.15) is 0 Å². The van der Waals surface area contributed by atoms with Crippen molar-refractivity contribution in [1.82, 2.24) is 9.88 Å². The van der Waals surface area contributed by atoms with Gasteiger partial charge in [-0.25, -0.2) is 0 Å². The van der Waals surface area contributed by atoms with Crippen molar-refractivity contribution in [2.75, 3.05) is 6.54 Å². The fourth-order valence-electron chi connectivity index (χ4n) is 4.61. The van der Waals surface area contributed by atoms with Crippen molar-refractivity contribution in [3.63, 3.8) is 0 Å². The molecule has 1 atom stereocenters. The van der Waals surface area contributed by atoms with Crippen LogP contribution in [0.3, 0.4) is 0 Å². The summed E-state index contributed by atoms with van der Waals surface area (Å²) >= 11 is 5.96. The predicted octanol–water partition coefficient (Wildman–Crippen LogP) is 5.39. The summed E-state index contributed by atoms with van der Waals surface area (Å²) in [5.41, 5.74) is 2.28. The Balaban J connectivity index is 1.59. The number of hydrogen-bond acceptors (Lipinski definition) is 5. The van der Waals surface area contributed by atoms with Gasteiger partial charge in [0.25, 0.3) is 17.4 Å². The number of nitrogens with one attached hydrogen (secondary N) is 1. The first-order valence-electron chi connectivity index (χ1n) is 11.2. The third kappa shape index (κ3) is 4.12. The van der Waals surface area contributed by atoms with Crippen LogP contribution in [-0.2, 0) is 16.0 Å². The molecule has 5 rings (SSSR count). The minimum Gasteiger partial charge on any atom is -0.507 e. The Labute approximate surface area is 210 Å². The molecular weight excluding hydrogens is 482 g/mol. The quantitative estimate of drug-likeness (QED) is 0.121. The molecule has 180 valence electrons. The topological polar surface area (TPSA) is 117 Å². The standard InChI is InChI=1S/C27H20ClN3O5/c28-19-10-8-16(9-11-19)25(32)23-24(17-4-3-5-20(14-17)31(35)36)30(27(34)26(23)33)13-12-18-15-29-22-7-2-1-6-21(18)22/h1-11,14-15,24,29,32H,12-13H2/b25-23-. The number of carbonyl (C=O) groups is 2. The van der Waals surface area contributed by atoms with Gasteiger partial charge >= 0.3 is 0 Å². The number of aliphatic hydroxyl groups excluding tert-OH is 1. The number of carbonyl (C=O) groups excluding carboxylic acids is 2. The second kappa shape index (κ2) is 9.31. The Morgan fingerprint density at radius 2 is 1.81 bits per heavy atom. The Hall–Kier alpha value is -4.43. The molecule has 0 spiro atoms. The van der Waals surface area contributed by atoms with Gasteiger partial charge in [0, 0.05) is 46.4 Å². The average Bonchev–Trinajstić information content (AvgIpc) is 3.41. The fraction of sp³-hybridized carbons (Fsp3) is 0.111. The van der Waals surface area contributed by atoms with Crippen LogP contribution < -0.4 is 0 Å². The number of hydrogen-bond donors (Lipinski definition) is 2. The van der Waals surface area contributed by atoms with Crippen molar-refractivity contribution in [2.24, 2.45) is 0 Å². The van der Waals surface area contributed by atoms with Gasteiger partial charge in [-0.05, 0) is 47.9 Å². The van der Waals surface area contributed by atoms with Gasteiger partial charge in [0.05, 0.1) is 16.5 Å². The molecule has 1 unspecified atom stereocenters. The lowest BCUT2D eigenvalue weighted by atomic mass is 9.95. The largest absolute Gasteiger partial charge is 0.507 e. The molecule has 36 heavy (non-hydrogen) atoms. The number of nitro groups is 1. The van der Waals surface area contributed by atoms with E-state index in [-0.39, 0.29) is 23.6 Å². The molecule has 0 aliphatic carbocycles. The van der Waals surface area contributed by atoms with Crippen LogP contribution in [0.15, 0.2) is 84.6 Å². The lowest BCUT2D eigenvalue weighted by Crippen LogP contribution is -2.31. The number of non-ortho nitro benzene ring substituents is 1. The number of rotatable bonds is 6. The molecule has 1 fully saturated rings. The van der Waals surface area contributed by atoms with Crippen LogP contribution >= 0.6 is 11.6 Å². The maximum Gasteiger partial charge on any atom is 0.295 e. The highest BCUT2D eigenvalue weighted by atomic mass is 35.5. The first kappa shape index (κ1) is 23.3. The van der Waals surface area contributed by atoms with Crippen molar-refractivity contribution in [3.05, 3.63) is 116 Å². The van der Waals surface area contributed by atoms with E-state index in [0.717, 1.165) is 16.5 Å². The third-order valence-corrected chi connectivity index (χ3v) is 6.60. The van der Waals surface area contributed by atoms with Crippen LogP contribution in [0.1, 0.15) is 22.7 Å². The van der Waals surface area contributed by atoms with Crippen LogP contribution in [-0.4, -0.2) is 38.1 Å². The summed E-state index contributed by atoms with van der Waals surface area (Å²) in [6.07, 6.45) is 2.29. The number of aromatic amines is 1. The van der Waals surface area contributed by atoms with E-state index in [0.29, 0.717) is 22.6 Å². The second-order valence-electron chi connectivity index (χ2n) is 8.46. The molecule has 1 amide bonds. The van der Waals surface area contributed by atoms with E-state index in [4.69, 9.17) is 11.6 Å². The zero-order valence-electron chi connectivity index (χ0n) is 18.8. The Morgan fingerprint density at radius 3 is 2.56 bits per heavy atom. The summed E-state index contributed by atoms with van der Waals surface area (Å²) < 4.78 is 0. The number of likely N-dealkylation sites (tertiary alicyclic amines) is 1. The van der Waals surface area contributed by atoms with E-state index >= 15 is 0 Å². The van der Waals surface area contributed by atoms with E-state index in [1.54, 1.807) is 30.3 Å². The van der Waals surface area contributed by atoms with Gasteiger partial charge in [-0.15, -0.1) is 0 Å². The van der Waals surface area contributed by atoms with E-state index in [1.807, 2.05) is 30.5 Å². The van der Waals surface area contributed by atoms with Crippen molar-refractivity contribution in [2.45, 2.75) is 12.5 Å². The maximum atomic E-state index is 13.2. The Kier molecular flexibility index (Phi) is 6.03. The first-order valence-corrected chi connectivity index (χ1v) is 11.6. The zero-order chi connectivity index (χ0) is 25.4. The van der Waals surface area contributed by atoms with Crippen molar-refractivity contribution in [3.8, 4) is 0 Å². The molecule has 1 aliphatic heterocycles. The number of halogens is 1.